The van der Waals surface area contributed by atoms with E-state index in [-0.39, 0.29) is 30.3 Å². The van der Waals surface area contributed by atoms with Gasteiger partial charge in [0.25, 0.3) is 0 Å². The standard InChI is InChI=1S/C16H24N2O4S/c1-4-18(14-7-8-23(20,21)10-14)16(19)17-11-22-15-6-5-12(2)13(3)9-15/h5-6,9,14H,4,7-8,10-11H2,1-3H3,(H,17,19). The molecule has 23 heavy (non-hydrogen) atoms. The van der Waals surface area contributed by atoms with Crippen LogP contribution in [0.2, 0.25) is 0 Å². The third-order valence-electron chi connectivity index (χ3n) is 4.19. The lowest BCUT2D eigenvalue weighted by Gasteiger charge is -2.27. The molecule has 0 aromatic heterocycles. The number of carbonyl (C=O) groups excluding carboxylic acids is 1. The summed E-state index contributed by atoms with van der Waals surface area (Å²) >= 11 is 0. The average Bonchev–Trinajstić information content (AvgIpc) is 2.83. The maximum absolute atomic E-state index is 12.2. The fourth-order valence-corrected chi connectivity index (χ4v) is 4.41. The number of nitrogens with one attached hydrogen (secondary N) is 1. The van der Waals surface area contributed by atoms with Gasteiger partial charge >= 0.3 is 6.03 Å². The van der Waals surface area contributed by atoms with E-state index in [2.05, 4.69) is 5.32 Å². The Hall–Kier alpha value is -1.76. The summed E-state index contributed by atoms with van der Waals surface area (Å²) in [4.78, 5) is 13.8. The van der Waals surface area contributed by atoms with Crippen molar-refractivity contribution in [3.05, 3.63) is 29.3 Å². The third-order valence-corrected chi connectivity index (χ3v) is 5.94. The molecular formula is C16H24N2O4S. The first-order chi connectivity index (χ1) is 10.8. The molecule has 2 amide bonds. The van der Waals surface area contributed by atoms with Gasteiger partial charge in [0.1, 0.15) is 5.75 Å². The maximum atomic E-state index is 12.2. The molecule has 0 aliphatic carbocycles. The van der Waals surface area contributed by atoms with Gasteiger partial charge in [0.05, 0.1) is 11.5 Å². The van der Waals surface area contributed by atoms with Crippen LogP contribution in [0, 0.1) is 13.8 Å². The van der Waals surface area contributed by atoms with Crippen molar-refractivity contribution in [2.45, 2.75) is 33.2 Å². The van der Waals surface area contributed by atoms with E-state index in [1.807, 2.05) is 39.0 Å². The minimum absolute atomic E-state index is 0.0479. The molecule has 1 unspecified atom stereocenters. The van der Waals surface area contributed by atoms with Crippen molar-refractivity contribution in [2.24, 2.45) is 0 Å². The summed E-state index contributed by atoms with van der Waals surface area (Å²) in [5.41, 5.74) is 2.31. The summed E-state index contributed by atoms with van der Waals surface area (Å²) in [6, 6.07) is 5.21. The van der Waals surface area contributed by atoms with Gasteiger partial charge in [-0.15, -0.1) is 0 Å². The number of aryl methyl sites for hydroxylation is 2. The lowest BCUT2D eigenvalue weighted by Crippen LogP contribution is -2.47. The van der Waals surface area contributed by atoms with Crippen LogP contribution in [0.3, 0.4) is 0 Å². The highest BCUT2D eigenvalue weighted by Gasteiger charge is 2.33. The Bertz CT molecular complexity index is 673. The van der Waals surface area contributed by atoms with E-state index in [1.165, 1.54) is 5.56 Å². The number of ether oxygens (including phenoxy) is 1. The summed E-state index contributed by atoms with van der Waals surface area (Å²) in [6.45, 7) is 6.39. The van der Waals surface area contributed by atoms with Crippen molar-refractivity contribution >= 4 is 15.9 Å². The zero-order valence-electron chi connectivity index (χ0n) is 13.8. The van der Waals surface area contributed by atoms with Gasteiger partial charge in [0.15, 0.2) is 16.6 Å². The molecule has 1 aromatic carbocycles. The van der Waals surface area contributed by atoms with Crippen LogP contribution in [-0.2, 0) is 9.84 Å². The second kappa shape index (κ2) is 7.21. The molecule has 128 valence electrons. The molecule has 2 rings (SSSR count). The van der Waals surface area contributed by atoms with Crippen LogP contribution >= 0.6 is 0 Å². The Kier molecular flexibility index (Phi) is 5.51. The fraction of sp³-hybridized carbons (Fsp3) is 0.562. The van der Waals surface area contributed by atoms with Crippen molar-refractivity contribution in [3.8, 4) is 5.75 Å². The molecular weight excluding hydrogens is 316 g/mol. The molecule has 1 N–H and O–H groups in total. The molecule has 1 heterocycles. The summed E-state index contributed by atoms with van der Waals surface area (Å²) in [5, 5.41) is 2.69. The zero-order chi connectivity index (χ0) is 17.0. The van der Waals surface area contributed by atoms with Gasteiger partial charge in [-0.3, -0.25) is 0 Å². The molecule has 1 saturated heterocycles. The maximum Gasteiger partial charge on any atom is 0.320 e. The van der Waals surface area contributed by atoms with Crippen LogP contribution in [0.15, 0.2) is 18.2 Å². The summed E-state index contributed by atoms with van der Waals surface area (Å²) in [7, 11) is -3.01. The number of nitrogens with zero attached hydrogens (tertiary/aromatic N) is 1. The number of hydrogen-bond donors (Lipinski definition) is 1. The largest absolute Gasteiger partial charge is 0.473 e. The van der Waals surface area contributed by atoms with Gasteiger partial charge in [-0.25, -0.2) is 13.2 Å². The van der Waals surface area contributed by atoms with Crippen molar-refractivity contribution in [3.63, 3.8) is 0 Å². The quantitative estimate of drug-likeness (QED) is 0.830. The first-order valence-corrected chi connectivity index (χ1v) is 9.59. The Morgan fingerprint density at radius 1 is 1.35 bits per heavy atom. The molecule has 0 bridgehead atoms. The van der Waals surface area contributed by atoms with Gasteiger partial charge < -0.3 is 15.0 Å². The average molecular weight is 340 g/mol. The number of hydrogen-bond acceptors (Lipinski definition) is 4. The molecule has 1 aromatic rings. The molecule has 0 radical (unpaired) electrons. The summed E-state index contributed by atoms with van der Waals surface area (Å²) in [6.07, 6.45) is 0.502. The Balaban J connectivity index is 1.86. The fourth-order valence-electron chi connectivity index (χ4n) is 2.68. The lowest BCUT2D eigenvalue weighted by atomic mass is 10.1. The summed E-state index contributed by atoms with van der Waals surface area (Å²) < 4.78 is 28.7. The van der Waals surface area contributed by atoms with Gasteiger partial charge in [-0.05, 0) is 50.5 Å². The van der Waals surface area contributed by atoms with Crippen molar-refractivity contribution in [1.82, 2.24) is 10.2 Å². The van der Waals surface area contributed by atoms with Crippen molar-refractivity contribution in [1.29, 1.82) is 0 Å². The van der Waals surface area contributed by atoms with Crippen LogP contribution in [0.5, 0.6) is 5.75 Å². The molecule has 1 aliphatic rings. The molecule has 6 nitrogen and oxygen atoms in total. The van der Waals surface area contributed by atoms with Gasteiger partial charge in [0.2, 0.25) is 0 Å². The van der Waals surface area contributed by atoms with E-state index >= 15 is 0 Å². The number of amides is 2. The van der Waals surface area contributed by atoms with Crippen LogP contribution in [0.25, 0.3) is 0 Å². The highest BCUT2D eigenvalue weighted by atomic mass is 32.2. The zero-order valence-corrected chi connectivity index (χ0v) is 14.6. The minimum Gasteiger partial charge on any atom is -0.473 e. The Morgan fingerprint density at radius 2 is 2.09 bits per heavy atom. The Labute approximate surface area is 137 Å². The van der Waals surface area contributed by atoms with Gasteiger partial charge in [-0.2, -0.15) is 0 Å². The molecule has 0 saturated carbocycles. The van der Waals surface area contributed by atoms with Crippen LogP contribution in [-0.4, -0.2) is 50.2 Å². The predicted octanol–water partition coefficient (Wildman–Crippen LogP) is 1.86. The van der Waals surface area contributed by atoms with Gasteiger partial charge in [-0.1, -0.05) is 6.07 Å². The summed E-state index contributed by atoms with van der Waals surface area (Å²) in [5.74, 6) is 0.896. The molecule has 1 fully saturated rings. The molecule has 0 spiro atoms. The number of urea groups is 1. The molecule has 1 aliphatic heterocycles. The molecule has 7 heteroatoms. The molecule has 1 atom stereocenters. The Morgan fingerprint density at radius 3 is 2.65 bits per heavy atom. The SMILES string of the molecule is CCN(C(=O)NCOc1ccc(C)c(C)c1)C1CCS(=O)(=O)C1. The predicted molar refractivity (Wildman–Crippen MR) is 89.4 cm³/mol. The van der Waals surface area contributed by atoms with E-state index < -0.39 is 9.84 Å². The van der Waals surface area contributed by atoms with E-state index in [1.54, 1.807) is 4.90 Å². The normalized spacial score (nSPS) is 19.3. The smallest absolute Gasteiger partial charge is 0.320 e. The monoisotopic (exact) mass is 340 g/mol. The number of rotatable bonds is 5. The van der Waals surface area contributed by atoms with E-state index in [4.69, 9.17) is 4.74 Å². The van der Waals surface area contributed by atoms with E-state index in [0.717, 1.165) is 5.56 Å². The van der Waals surface area contributed by atoms with E-state index in [9.17, 15) is 13.2 Å². The second-order valence-corrected chi connectivity index (χ2v) is 8.09. The third kappa shape index (κ3) is 4.60. The van der Waals surface area contributed by atoms with Crippen LogP contribution in [0.1, 0.15) is 24.5 Å². The first kappa shape index (κ1) is 17.6. The van der Waals surface area contributed by atoms with Gasteiger partial charge in [0, 0.05) is 12.6 Å². The highest BCUT2D eigenvalue weighted by molar-refractivity contribution is 7.91. The number of carbonyl (C=O) groups is 1. The van der Waals surface area contributed by atoms with E-state index in [0.29, 0.717) is 18.7 Å². The first-order valence-electron chi connectivity index (χ1n) is 7.77. The lowest BCUT2D eigenvalue weighted by molar-refractivity contribution is 0.172. The van der Waals surface area contributed by atoms with Crippen LogP contribution in [0.4, 0.5) is 4.79 Å². The second-order valence-electron chi connectivity index (χ2n) is 5.86. The minimum atomic E-state index is -3.01. The van der Waals surface area contributed by atoms with Crippen LogP contribution < -0.4 is 10.1 Å². The highest BCUT2D eigenvalue weighted by Crippen LogP contribution is 2.18. The van der Waals surface area contributed by atoms with Crippen molar-refractivity contribution < 1.29 is 17.9 Å². The number of sulfone groups is 1. The van der Waals surface area contributed by atoms with Crippen molar-refractivity contribution in [2.75, 3.05) is 24.8 Å². The topological polar surface area (TPSA) is 75.7 Å². The number of benzene rings is 1.